The molecule has 1 fully saturated rings. The maximum absolute atomic E-state index is 12.0. The second kappa shape index (κ2) is 5.10. The summed E-state index contributed by atoms with van der Waals surface area (Å²) in [4.78, 5) is 34.6. The quantitative estimate of drug-likeness (QED) is 0.369. The molecule has 21 heavy (non-hydrogen) atoms. The summed E-state index contributed by atoms with van der Waals surface area (Å²) < 4.78 is 0.880. The van der Waals surface area contributed by atoms with Crippen LogP contribution in [0.1, 0.15) is 33.4 Å². The van der Waals surface area contributed by atoms with Gasteiger partial charge in [-0.05, 0) is 0 Å². The number of carbonyl (C=O) groups excluding carboxylic acids is 3. The number of primary amides is 2. The zero-order valence-electron chi connectivity index (χ0n) is 10.8. The van der Waals surface area contributed by atoms with Crippen molar-refractivity contribution in [3.8, 4) is 0 Å². The Morgan fingerprint density at radius 3 is 2.38 bits per heavy atom. The van der Waals surface area contributed by atoms with E-state index >= 15 is 0 Å². The molecule has 0 saturated carbocycles. The Morgan fingerprint density at radius 2 is 1.95 bits per heavy atom. The van der Waals surface area contributed by atoms with Gasteiger partial charge in [-0.2, -0.15) is 0 Å². The number of rotatable bonds is 5. The highest BCUT2D eigenvalue weighted by Crippen LogP contribution is 2.29. The SMILES string of the molecule is NC(=O)c1nnn([C@H]2CC(CO)(CO)NC2=O)c1C(N)=O. The molecule has 7 N–H and O–H groups in total. The van der Waals surface area contributed by atoms with Gasteiger partial charge in [0, 0.05) is 6.42 Å². The minimum absolute atomic E-state index is 0.0549. The number of nitrogens with one attached hydrogen (secondary N) is 1. The fraction of sp³-hybridized carbons (Fsp3) is 0.500. The second-order valence-electron chi connectivity index (χ2n) is 4.77. The van der Waals surface area contributed by atoms with Gasteiger partial charge in [-0.1, -0.05) is 5.21 Å². The summed E-state index contributed by atoms with van der Waals surface area (Å²) in [6.07, 6.45) is -0.0549. The predicted molar refractivity (Wildman–Crippen MR) is 65.8 cm³/mol. The number of aliphatic hydroxyl groups is 2. The zero-order chi connectivity index (χ0) is 15.8. The normalized spacial score (nSPS) is 20.3. The Kier molecular flexibility index (Phi) is 3.61. The molecule has 3 amide bonds. The minimum Gasteiger partial charge on any atom is -0.394 e. The van der Waals surface area contributed by atoms with E-state index in [0.717, 1.165) is 4.68 Å². The fourth-order valence-electron chi connectivity index (χ4n) is 2.22. The first-order chi connectivity index (χ1) is 9.85. The smallest absolute Gasteiger partial charge is 0.271 e. The monoisotopic (exact) mass is 298 g/mol. The van der Waals surface area contributed by atoms with Crippen LogP contribution in [0.15, 0.2) is 0 Å². The predicted octanol–water partition coefficient (Wildman–Crippen LogP) is -3.74. The van der Waals surface area contributed by atoms with Crippen LogP contribution >= 0.6 is 0 Å². The van der Waals surface area contributed by atoms with Crippen molar-refractivity contribution in [2.75, 3.05) is 13.2 Å². The summed E-state index contributed by atoms with van der Waals surface area (Å²) in [6.45, 7) is -1.01. The molecule has 0 aliphatic carbocycles. The van der Waals surface area contributed by atoms with Gasteiger partial charge in [0.05, 0.1) is 18.8 Å². The average molecular weight is 298 g/mol. The van der Waals surface area contributed by atoms with Crippen molar-refractivity contribution in [1.29, 1.82) is 0 Å². The molecule has 0 unspecified atom stereocenters. The van der Waals surface area contributed by atoms with Crippen molar-refractivity contribution >= 4 is 17.7 Å². The lowest BCUT2D eigenvalue weighted by molar-refractivity contribution is -0.123. The van der Waals surface area contributed by atoms with Crippen molar-refractivity contribution in [3.05, 3.63) is 11.4 Å². The summed E-state index contributed by atoms with van der Waals surface area (Å²) >= 11 is 0. The van der Waals surface area contributed by atoms with Crippen molar-refractivity contribution in [1.82, 2.24) is 20.3 Å². The van der Waals surface area contributed by atoms with Crippen LogP contribution < -0.4 is 16.8 Å². The first-order valence-corrected chi connectivity index (χ1v) is 5.94. The molecule has 11 nitrogen and oxygen atoms in total. The van der Waals surface area contributed by atoms with Crippen molar-refractivity contribution in [3.63, 3.8) is 0 Å². The van der Waals surface area contributed by atoms with E-state index in [9.17, 15) is 24.6 Å². The number of hydrogen-bond donors (Lipinski definition) is 5. The van der Waals surface area contributed by atoms with Crippen molar-refractivity contribution in [2.45, 2.75) is 18.0 Å². The van der Waals surface area contributed by atoms with Gasteiger partial charge in [0.1, 0.15) is 6.04 Å². The minimum atomic E-state index is -1.24. The average Bonchev–Trinajstić information content (AvgIpc) is 3.00. The molecular formula is C10H14N6O5. The standard InChI is InChI=1S/C10H14N6O5/c11-7(19)5-6(8(12)20)16(15-14-5)4-1-10(2-17,3-18)13-9(4)21/h4,17-18H,1-3H2,(H2,11,19)(H2,12,20)(H,13,21)/t4-/m0/s1. The van der Waals surface area contributed by atoms with Crippen LogP contribution in [-0.4, -0.2) is 61.7 Å². The lowest BCUT2D eigenvalue weighted by Gasteiger charge is -2.23. The summed E-state index contributed by atoms with van der Waals surface area (Å²) in [6, 6.07) is -1.05. The van der Waals surface area contributed by atoms with E-state index in [1.54, 1.807) is 0 Å². The number of hydrogen-bond acceptors (Lipinski definition) is 7. The Hall–Kier alpha value is -2.53. The number of nitrogens with zero attached hydrogens (tertiary/aromatic N) is 3. The molecule has 1 aliphatic rings. The highest BCUT2D eigenvalue weighted by Gasteiger charge is 2.46. The van der Waals surface area contributed by atoms with Crippen LogP contribution in [0.25, 0.3) is 0 Å². The maximum Gasteiger partial charge on any atom is 0.271 e. The van der Waals surface area contributed by atoms with Crippen molar-refractivity contribution in [2.24, 2.45) is 11.5 Å². The van der Waals surface area contributed by atoms with Crippen molar-refractivity contribution < 1.29 is 24.6 Å². The van der Waals surface area contributed by atoms with Gasteiger partial charge < -0.3 is 27.0 Å². The van der Waals surface area contributed by atoms with Gasteiger partial charge in [0.15, 0.2) is 11.4 Å². The second-order valence-corrected chi connectivity index (χ2v) is 4.77. The Balaban J connectivity index is 2.46. The summed E-state index contributed by atoms with van der Waals surface area (Å²) in [5.74, 6) is -2.63. The van der Waals surface area contributed by atoms with E-state index in [1.807, 2.05) is 0 Å². The zero-order valence-corrected chi connectivity index (χ0v) is 10.8. The van der Waals surface area contributed by atoms with Gasteiger partial charge in [-0.3, -0.25) is 14.4 Å². The molecule has 1 saturated heterocycles. The van der Waals surface area contributed by atoms with E-state index < -0.39 is 53.9 Å². The summed E-state index contributed by atoms with van der Waals surface area (Å²) in [5.41, 5.74) is 8.15. The van der Waals surface area contributed by atoms with E-state index in [-0.39, 0.29) is 6.42 Å². The molecule has 0 radical (unpaired) electrons. The van der Waals surface area contributed by atoms with Crippen LogP contribution in [0, 0.1) is 0 Å². The molecule has 11 heteroatoms. The number of nitrogens with two attached hydrogens (primary N) is 2. The van der Waals surface area contributed by atoms with E-state index in [0.29, 0.717) is 0 Å². The highest BCUT2D eigenvalue weighted by atomic mass is 16.3. The summed E-state index contributed by atoms with van der Waals surface area (Å²) in [7, 11) is 0. The van der Waals surface area contributed by atoms with Crippen LogP contribution in [-0.2, 0) is 4.79 Å². The van der Waals surface area contributed by atoms with Crippen LogP contribution in [0.3, 0.4) is 0 Å². The van der Waals surface area contributed by atoms with E-state index in [2.05, 4.69) is 15.6 Å². The molecule has 114 valence electrons. The fourth-order valence-corrected chi connectivity index (χ4v) is 2.22. The third kappa shape index (κ3) is 2.32. The highest BCUT2D eigenvalue weighted by molar-refractivity contribution is 6.04. The number of aliphatic hydroxyl groups excluding tert-OH is 2. The van der Waals surface area contributed by atoms with Gasteiger partial charge in [-0.25, -0.2) is 4.68 Å². The van der Waals surface area contributed by atoms with Crippen LogP contribution in [0.2, 0.25) is 0 Å². The van der Waals surface area contributed by atoms with E-state index in [1.165, 1.54) is 0 Å². The molecule has 2 rings (SSSR count). The van der Waals surface area contributed by atoms with Gasteiger partial charge in [-0.15, -0.1) is 5.10 Å². The third-order valence-corrected chi connectivity index (χ3v) is 3.34. The van der Waals surface area contributed by atoms with Crippen LogP contribution in [0.4, 0.5) is 0 Å². The van der Waals surface area contributed by atoms with Gasteiger partial charge in [0.25, 0.3) is 11.8 Å². The third-order valence-electron chi connectivity index (χ3n) is 3.34. The largest absolute Gasteiger partial charge is 0.394 e. The van der Waals surface area contributed by atoms with Gasteiger partial charge in [0.2, 0.25) is 5.91 Å². The Morgan fingerprint density at radius 1 is 1.33 bits per heavy atom. The number of carbonyl (C=O) groups is 3. The Bertz CT molecular complexity index is 607. The first-order valence-electron chi connectivity index (χ1n) is 5.94. The molecular weight excluding hydrogens is 284 g/mol. The molecule has 2 heterocycles. The number of aromatic nitrogens is 3. The van der Waals surface area contributed by atoms with E-state index in [4.69, 9.17) is 11.5 Å². The lowest BCUT2D eigenvalue weighted by Crippen LogP contribution is -2.48. The first kappa shape index (κ1) is 14.9. The molecule has 1 aromatic heterocycles. The molecule has 0 spiro atoms. The van der Waals surface area contributed by atoms with Gasteiger partial charge >= 0.3 is 0 Å². The molecule has 1 aromatic rings. The maximum atomic E-state index is 12.0. The summed E-state index contributed by atoms with van der Waals surface area (Å²) in [5, 5.41) is 28.0. The lowest BCUT2D eigenvalue weighted by atomic mass is 9.98. The topological polar surface area (TPSA) is 186 Å². The Labute approximate surface area is 117 Å². The van der Waals surface area contributed by atoms with Crippen LogP contribution in [0.5, 0.6) is 0 Å². The molecule has 1 aliphatic heterocycles. The molecule has 0 aromatic carbocycles. The molecule has 1 atom stereocenters. The molecule has 0 bridgehead atoms. The number of amides is 3.